The highest BCUT2D eigenvalue weighted by atomic mass is 32.2. The van der Waals surface area contributed by atoms with E-state index in [4.69, 9.17) is 5.11 Å². The molecule has 0 unspecified atom stereocenters. The average Bonchev–Trinajstić information content (AvgIpc) is 3.05. The fraction of sp³-hybridized carbons (Fsp3) is 0.273. The number of sulfonamides is 1. The molecule has 0 aliphatic rings. The van der Waals surface area contributed by atoms with Gasteiger partial charge in [0.05, 0.1) is 6.54 Å². The summed E-state index contributed by atoms with van der Waals surface area (Å²) in [6.45, 7) is 2.08. The Morgan fingerprint density at radius 2 is 2.30 bits per heavy atom. The molecule has 0 aliphatic heterocycles. The first-order valence-electron chi connectivity index (χ1n) is 5.77. The minimum absolute atomic E-state index is 0.0839. The normalized spacial score (nSPS) is 11.7. The lowest BCUT2D eigenvalue weighted by atomic mass is 10.4. The summed E-state index contributed by atoms with van der Waals surface area (Å²) < 4.78 is 26.3. The highest BCUT2D eigenvalue weighted by molar-refractivity contribution is 7.89. The molecular formula is C11H13N3O4S2. The van der Waals surface area contributed by atoms with Crippen molar-refractivity contribution in [3.05, 3.63) is 34.0 Å². The SMILES string of the molecule is CCc1cnc(CNS(=O)(=O)c2c[nH]c(C(=O)O)c2)s1. The van der Waals surface area contributed by atoms with Crippen LogP contribution in [0.3, 0.4) is 0 Å². The van der Waals surface area contributed by atoms with Crippen molar-refractivity contribution in [2.24, 2.45) is 0 Å². The average molecular weight is 315 g/mol. The van der Waals surface area contributed by atoms with Crippen LogP contribution in [0.15, 0.2) is 23.4 Å². The number of nitrogens with one attached hydrogen (secondary N) is 2. The zero-order valence-corrected chi connectivity index (χ0v) is 12.2. The molecule has 108 valence electrons. The van der Waals surface area contributed by atoms with Crippen LogP contribution >= 0.6 is 11.3 Å². The summed E-state index contributed by atoms with van der Waals surface area (Å²) in [5.74, 6) is -1.21. The molecule has 0 radical (unpaired) electrons. The lowest BCUT2D eigenvalue weighted by Gasteiger charge is -2.02. The number of hydrogen-bond acceptors (Lipinski definition) is 5. The molecule has 9 heteroatoms. The lowest BCUT2D eigenvalue weighted by molar-refractivity contribution is 0.0691. The Hall–Kier alpha value is -1.71. The number of carboxylic acid groups (broad SMARTS) is 1. The summed E-state index contributed by atoms with van der Waals surface area (Å²) >= 11 is 1.44. The highest BCUT2D eigenvalue weighted by Crippen LogP contribution is 2.15. The van der Waals surface area contributed by atoms with E-state index in [2.05, 4.69) is 14.7 Å². The van der Waals surface area contributed by atoms with E-state index in [0.717, 1.165) is 23.6 Å². The van der Waals surface area contributed by atoms with Crippen molar-refractivity contribution in [1.29, 1.82) is 0 Å². The zero-order valence-electron chi connectivity index (χ0n) is 10.6. The number of carboxylic acids is 1. The van der Waals surface area contributed by atoms with Crippen LogP contribution in [0.5, 0.6) is 0 Å². The molecule has 2 aromatic rings. The predicted octanol–water partition coefficient (Wildman–Crippen LogP) is 1.21. The van der Waals surface area contributed by atoms with Crippen LogP contribution in [-0.4, -0.2) is 29.5 Å². The topological polar surface area (TPSA) is 112 Å². The van der Waals surface area contributed by atoms with E-state index in [1.165, 1.54) is 11.3 Å². The first-order chi connectivity index (χ1) is 9.42. The molecule has 0 fully saturated rings. The molecule has 0 aromatic carbocycles. The van der Waals surface area contributed by atoms with E-state index in [1.54, 1.807) is 6.20 Å². The molecule has 0 bridgehead atoms. The Labute approximate surface area is 119 Å². The van der Waals surface area contributed by atoms with Crippen molar-refractivity contribution in [2.75, 3.05) is 0 Å². The summed E-state index contributed by atoms with van der Waals surface area (Å²) in [6.07, 6.45) is 3.71. The van der Waals surface area contributed by atoms with Gasteiger partial charge < -0.3 is 10.1 Å². The monoisotopic (exact) mass is 315 g/mol. The maximum atomic E-state index is 12.0. The van der Waals surface area contributed by atoms with Crippen molar-refractivity contribution < 1.29 is 18.3 Å². The molecule has 0 amide bonds. The van der Waals surface area contributed by atoms with E-state index >= 15 is 0 Å². The highest BCUT2D eigenvalue weighted by Gasteiger charge is 2.18. The summed E-state index contributed by atoms with van der Waals surface area (Å²) in [4.78, 5) is 18.2. The second-order valence-electron chi connectivity index (χ2n) is 3.95. The molecule has 2 heterocycles. The van der Waals surface area contributed by atoms with Crippen molar-refractivity contribution >= 4 is 27.3 Å². The number of thiazole rings is 1. The van der Waals surface area contributed by atoms with Crippen molar-refractivity contribution in [3.8, 4) is 0 Å². The van der Waals surface area contributed by atoms with Crippen LogP contribution in [0, 0.1) is 0 Å². The number of aromatic nitrogens is 2. The molecule has 2 rings (SSSR count). The Balaban J connectivity index is 2.08. The van der Waals surface area contributed by atoms with E-state index in [-0.39, 0.29) is 17.1 Å². The Kier molecular flexibility index (Phi) is 4.21. The summed E-state index contributed by atoms with van der Waals surface area (Å²) in [5.41, 5.74) is -0.173. The maximum absolute atomic E-state index is 12.0. The Morgan fingerprint density at radius 1 is 1.55 bits per heavy atom. The van der Waals surface area contributed by atoms with E-state index in [0.29, 0.717) is 5.01 Å². The molecule has 7 nitrogen and oxygen atoms in total. The zero-order chi connectivity index (χ0) is 14.8. The third-order valence-corrected chi connectivity index (χ3v) is 5.08. The number of carbonyl (C=O) groups is 1. The molecule has 20 heavy (non-hydrogen) atoms. The molecule has 3 N–H and O–H groups in total. The van der Waals surface area contributed by atoms with Crippen LogP contribution < -0.4 is 4.72 Å². The number of aromatic amines is 1. The van der Waals surface area contributed by atoms with Gasteiger partial charge in [-0.05, 0) is 12.5 Å². The van der Waals surface area contributed by atoms with E-state index in [9.17, 15) is 13.2 Å². The van der Waals surface area contributed by atoms with Gasteiger partial charge in [-0.1, -0.05) is 6.92 Å². The largest absolute Gasteiger partial charge is 0.477 e. The van der Waals surface area contributed by atoms with Gasteiger partial charge in [0.25, 0.3) is 0 Å². The standard InChI is InChI=1S/C11H13N3O4S2/c1-2-7-4-13-10(19-7)6-14-20(17,18)8-3-9(11(15)16)12-5-8/h3-5,12,14H,2,6H2,1H3,(H,15,16). The Morgan fingerprint density at radius 3 is 2.85 bits per heavy atom. The number of nitrogens with zero attached hydrogens (tertiary/aromatic N) is 1. The van der Waals surface area contributed by atoms with E-state index in [1.807, 2.05) is 6.92 Å². The molecule has 0 saturated carbocycles. The van der Waals surface area contributed by atoms with Gasteiger partial charge in [-0.2, -0.15) is 0 Å². The predicted molar refractivity (Wildman–Crippen MR) is 73.3 cm³/mol. The van der Waals surface area contributed by atoms with Crippen molar-refractivity contribution in [1.82, 2.24) is 14.7 Å². The van der Waals surface area contributed by atoms with Gasteiger partial charge in [-0.3, -0.25) is 0 Å². The van der Waals surface area contributed by atoms with Gasteiger partial charge in [-0.15, -0.1) is 11.3 Å². The van der Waals surface area contributed by atoms with Gasteiger partial charge in [0.2, 0.25) is 10.0 Å². The van der Waals surface area contributed by atoms with Crippen LogP contribution in [0.4, 0.5) is 0 Å². The lowest BCUT2D eigenvalue weighted by Crippen LogP contribution is -2.22. The van der Waals surface area contributed by atoms with E-state index < -0.39 is 16.0 Å². The molecule has 0 atom stereocenters. The fourth-order valence-corrected chi connectivity index (χ4v) is 3.36. The van der Waals surface area contributed by atoms with Crippen molar-refractivity contribution in [2.45, 2.75) is 24.8 Å². The summed E-state index contributed by atoms with van der Waals surface area (Å²) in [7, 11) is -3.75. The fourth-order valence-electron chi connectivity index (χ4n) is 1.49. The smallest absolute Gasteiger partial charge is 0.352 e. The third kappa shape index (κ3) is 3.24. The van der Waals surface area contributed by atoms with Crippen molar-refractivity contribution in [3.63, 3.8) is 0 Å². The molecule has 0 aliphatic carbocycles. The van der Waals surface area contributed by atoms with Crippen LogP contribution in [0.2, 0.25) is 0 Å². The van der Waals surface area contributed by atoms with Gasteiger partial charge in [0.1, 0.15) is 15.6 Å². The summed E-state index contributed by atoms with van der Waals surface area (Å²) in [5, 5.41) is 9.41. The first kappa shape index (κ1) is 14.7. The third-order valence-electron chi connectivity index (χ3n) is 2.56. The maximum Gasteiger partial charge on any atom is 0.352 e. The number of H-pyrrole nitrogens is 1. The van der Waals surface area contributed by atoms with Gasteiger partial charge in [-0.25, -0.2) is 22.9 Å². The number of aryl methyl sites for hydroxylation is 1. The van der Waals surface area contributed by atoms with Gasteiger partial charge >= 0.3 is 5.97 Å². The molecule has 0 spiro atoms. The summed E-state index contributed by atoms with van der Waals surface area (Å²) in [6, 6.07) is 1.07. The van der Waals surface area contributed by atoms with Crippen LogP contribution in [0.25, 0.3) is 0 Å². The number of aromatic carboxylic acids is 1. The van der Waals surface area contributed by atoms with Gasteiger partial charge in [0.15, 0.2) is 0 Å². The van der Waals surface area contributed by atoms with Crippen LogP contribution in [0.1, 0.15) is 27.3 Å². The second kappa shape index (κ2) is 5.73. The minimum Gasteiger partial charge on any atom is -0.477 e. The van der Waals surface area contributed by atoms with Gasteiger partial charge in [0, 0.05) is 17.3 Å². The Bertz CT molecular complexity index is 718. The number of rotatable bonds is 6. The quantitative estimate of drug-likeness (QED) is 0.741. The first-order valence-corrected chi connectivity index (χ1v) is 8.07. The molecule has 2 aromatic heterocycles. The molecule has 0 saturated heterocycles. The van der Waals surface area contributed by atoms with Crippen LogP contribution in [-0.2, 0) is 23.0 Å². The second-order valence-corrected chi connectivity index (χ2v) is 6.92. The minimum atomic E-state index is -3.75. The number of hydrogen-bond donors (Lipinski definition) is 3. The molecular weight excluding hydrogens is 302 g/mol.